The van der Waals surface area contributed by atoms with Crippen molar-refractivity contribution < 1.29 is 14.0 Å². The predicted molar refractivity (Wildman–Crippen MR) is 84.2 cm³/mol. The number of nitriles is 1. The number of rotatable bonds is 6. The van der Waals surface area contributed by atoms with E-state index < -0.39 is 0 Å². The molecular weight excluding hydrogens is 294 g/mol. The number of nitrogens with zero attached hydrogens (tertiary/aromatic N) is 2. The highest BCUT2D eigenvalue weighted by Crippen LogP contribution is 2.14. The summed E-state index contributed by atoms with van der Waals surface area (Å²) in [5.74, 6) is 0.278. The molecule has 2 aromatic rings. The molecule has 1 heterocycles. The van der Waals surface area contributed by atoms with Gasteiger partial charge in [-0.3, -0.25) is 9.59 Å². The molecule has 118 valence electrons. The van der Waals surface area contributed by atoms with Crippen LogP contribution in [0.3, 0.4) is 0 Å². The van der Waals surface area contributed by atoms with E-state index >= 15 is 0 Å². The van der Waals surface area contributed by atoms with Gasteiger partial charge in [0.1, 0.15) is 11.8 Å². The van der Waals surface area contributed by atoms with E-state index in [0.29, 0.717) is 23.6 Å². The quantitative estimate of drug-likeness (QED) is 0.888. The Morgan fingerprint density at radius 1 is 1.26 bits per heavy atom. The number of furan rings is 1. The maximum atomic E-state index is 12.0. The Morgan fingerprint density at radius 3 is 2.70 bits per heavy atom. The molecule has 0 atom stereocenters. The van der Waals surface area contributed by atoms with Crippen LogP contribution in [0.25, 0.3) is 0 Å². The molecule has 1 N–H and O–H groups in total. The second-order valence-corrected chi connectivity index (χ2v) is 4.98. The lowest BCUT2D eigenvalue weighted by atomic mass is 10.2. The second kappa shape index (κ2) is 7.80. The predicted octanol–water partition coefficient (Wildman–Crippen LogP) is 2.53. The molecular formula is C17H17N3O3. The van der Waals surface area contributed by atoms with Crippen LogP contribution in [0.1, 0.15) is 24.7 Å². The molecule has 0 saturated heterocycles. The lowest BCUT2D eigenvalue weighted by Gasteiger charge is -2.19. The van der Waals surface area contributed by atoms with Crippen molar-refractivity contribution in [2.45, 2.75) is 19.9 Å². The van der Waals surface area contributed by atoms with E-state index in [9.17, 15) is 9.59 Å². The van der Waals surface area contributed by atoms with Crippen molar-refractivity contribution in [1.82, 2.24) is 4.90 Å². The number of hydrogen-bond donors (Lipinski definition) is 1. The van der Waals surface area contributed by atoms with E-state index in [-0.39, 0.29) is 24.8 Å². The topological polar surface area (TPSA) is 86.3 Å². The molecule has 0 saturated carbocycles. The fourth-order valence-electron chi connectivity index (χ4n) is 2.08. The minimum absolute atomic E-state index is 0.133. The summed E-state index contributed by atoms with van der Waals surface area (Å²) in [7, 11) is 0. The number of anilines is 1. The summed E-state index contributed by atoms with van der Waals surface area (Å²) in [5, 5.41) is 11.7. The lowest BCUT2D eigenvalue weighted by Crippen LogP contribution is -2.31. The number of hydrogen-bond acceptors (Lipinski definition) is 4. The molecule has 2 rings (SSSR count). The first-order valence-corrected chi connectivity index (χ1v) is 7.17. The molecule has 0 radical (unpaired) electrons. The van der Waals surface area contributed by atoms with Crippen LogP contribution in [0.2, 0.25) is 0 Å². The van der Waals surface area contributed by atoms with Crippen LogP contribution in [-0.2, 0) is 16.1 Å². The fraction of sp³-hybridized carbons (Fsp3) is 0.235. The Hall–Kier alpha value is -3.07. The monoisotopic (exact) mass is 311 g/mol. The van der Waals surface area contributed by atoms with Crippen LogP contribution in [0, 0.1) is 11.3 Å². The van der Waals surface area contributed by atoms with Crippen LogP contribution in [-0.4, -0.2) is 23.3 Å². The normalized spacial score (nSPS) is 9.91. The summed E-state index contributed by atoms with van der Waals surface area (Å²) in [6, 6.07) is 12.3. The van der Waals surface area contributed by atoms with Crippen molar-refractivity contribution in [2.24, 2.45) is 0 Å². The summed E-state index contributed by atoms with van der Waals surface area (Å²) < 4.78 is 5.22. The molecule has 2 amide bonds. The van der Waals surface area contributed by atoms with Crippen LogP contribution in [0.5, 0.6) is 0 Å². The number of benzene rings is 1. The molecule has 6 nitrogen and oxygen atoms in total. The molecule has 0 bridgehead atoms. The smallest absolute Gasteiger partial charge is 0.226 e. The molecule has 0 unspecified atom stereocenters. The maximum Gasteiger partial charge on any atom is 0.226 e. The van der Waals surface area contributed by atoms with Crippen molar-refractivity contribution in [1.29, 1.82) is 5.26 Å². The molecule has 1 aromatic heterocycles. The number of amides is 2. The minimum Gasteiger partial charge on any atom is -0.467 e. The molecule has 0 aliphatic carbocycles. The zero-order valence-corrected chi connectivity index (χ0v) is 12.8. The van der Waals surface area contributed by atoms with Gasteiger partial charge in [0.05, 0.1) is 24.1 Å². The largest absolute Gasteiger partial charge is 0.467 e. The van der Waals surface area contributed by atoms with Crippen molar-refractivity contribution in [2.75, 3.05) is 11.9 Å². The van der Waals surface area contributed by atoms with Gasteiger partial charge in [0.25, 0.3) is 0 Å². The van der Waals surface area contributed by atoms with Gasteiger partial charge in [0.2, 0.25) is 11.8 Å². The van der Waals surface area contributed by atoms with Gasteiger partial charge in [-0.2, -0.15) is 5.26 Å². The summed E-state index contributed by atoms with van der Waals surface area (Å²) in [5.41, 5.74) is 0.875. The SMILES string of the molecule is CC(=O)N(CCC(=O)Nc1ccccc1C#N)Cc1ccco1. The second-order valence-electron chi connectivity index (χ2n) is 4.98. The molecule has 0 fully saturated rings. The van der Waals surface area contributed by atoms with E-state index in [2.05, 4.69) is 5.32 Å². The Balaban J connectivity index is 1.91. The zero-order valence-electron chi connectivity index (χ0n) is 12.8. The molecule has 0 aliphatic heterocycles. The van der Waals surface area contributed by atoms with Gasteiger partial charge in [-0.1, -0.05) is 12.1 Å². The number of carbonyl (C=O) groups is 2. The number of carbonyl (C=O) groups excluding carboxylic acids is 2. The van der Waals surface area contributed by atoms with Crippen LogP contribution in [0.15, 0.2) is 47.1 Å². The molecule has 0 spiro atoms. The average molecular weight is 311 g/mol. The summed E-state index contributed by atoms with van der Waals surface area (Å²) in [4.78, 5) is 25.2. The number of nitrogens with one attached hydrogen (secondary N) is 1. The Kier molecular flexibility index (Phi) is 5.53. The first-order chi connectivity index (χ1) is 11.1. The number of para-hydroxylation sites is 1. The first-order valence-electron chi connectivity index (χ1n) is 7.17. The van der Waals surface area contributed by atoms with Gasteiger partial charge in [-0.15, -0.1) is 0 Å². The van der Waals surface area contributed by atoms with Gasteiger partial charge < -0.3 is 14.6 Å². The van der Waals surface area contributed by atoms with Crippen LogP contribution >= 0.6 is 0 Å². The van der Waals surface area contributed by atoms with Gasteiger partial charge in [0.15, 0.2) is 0 Å². The van der Waals surface area contributed by atoms with Gasteiger partial charge >= 0.3 is 0 Å². The van der Waals surface area contributed by atoms with Crippen molar-refractivity contribution in [3.8, 4) is 6.07 Å². The lowest BCUT2D eigenvalue weighted by molar-refractivity contribution is -0.130. The van der Waals surface area contributed by atoms with E-state index in [1.807, 2.05) is 6.07 Å². The molecule has 1 aromatic carbocycles. The Morgan fingerprint density at radius 2 is 2.04 bits per heavy atom. The van der Waals surface area contributed by atoms with Crippen LogP contribution < -0.4 is 5.32 Å². The third kappa shape index (κ3) is 4.71. The zero-order chi connectivity index (χ0) is 16.7. The van der Waals surface area contributed by atoms with Crippen molar-refractivity contribution in [3.63, 3.8) is 0 Å². The van der Waals surface area contributed by atoms with E-state index in [4.69, 9.17) is 9.68 Å². The fourth-order valence-corrected chi connectivity index (χ4v) is 2.08. The Labute approximate surface area is 134 Å². The van der Waals surface area contributed by atoms with Crippen molar-refractivity contribution in [3.05, 3.63) is 54.0 Å². The standard InChI is InChI=1S/C17H17N3O3/c1-13(21)20(12-15-6-4-10-23-15)9-8-17(22)19-16-7-3-2-5-14(16)11-18/h2-7,10H,8-9,12H2,1H3,(H,19,22). The molecule has 0 aliphatic rings. The van der Waals surface area contributed by atoms with E-state index in [0.717, 1.165) is 0 Å². The first kappa shape index (κ1) is 16.3. The summed E-state index contributed by atoms with van der Waals surface area (Å²) >= 11 is 0. The third-order valence-electron chi connectivity index (χ3n) is 3.30. The third-order valence-corrected chi connectivity index (χ3v) is 3.30. The highest BCUT2D eigenvalue weighted by Gasteiger charge is 2.14. The Bertz CT molecular complexity index is 717. The molecule has 23 heavy (non-hydrogen) atoms. The van der Waals surface area contributed by atoms with E-state index in [1.165, 1.54) is 11.8 Å². The highest BCUT2D eigenvalue weighted by atomic mass is 16.3. The summed E-state index contributed by atoms with van der Waals surface area (Å²) in [6.07, 6.45) is 1.68. The van der Waals surface area contributed by atoms with Gasteiger partial charge in [0, 0.05) is 19.9 Å². The summed E-state index contributed by atoms with van der Waals surface area (Å²) in [6.45, 7) is 2.05. The van der Waals surface area contributed by atoms with Gasteiger partial charge in [-0.25, -0.2) is 0 Å². The maximum absolute atomic E-state index is 12.0. The molecule has 6 heteroatoms. The van der Waals surface area contributed by atoms with Crippen LogP contribution in [0.4, 0.5) is 5.69 Å². The van der Waals surface area contributed by atoms with Gasteiger partial charge in [-0.05, 0) is 24.3 Å². The van der Waals surface area contributed by atoms with Crippen molar-refractivity contribution >= 4 is 17.5 Å². The highest BCUT2D eigenvalue weighted by molar-refractivity contribution is 5.92. The van der Waals surface area contributed by atoms with E-state index in [1.54, 1.807) is 42.7 Å². The minimum atomic E-state index is -0.251. The average Bonchev–Trinajstić information content (AvgIpc) is 3.04.